The van der Waals surface area contributed by atoms with Gasteiger partial charge in [-0.05, 0) is 55.0 Å². The van der Waals surface area contributed by atoms with Gasteiger partial charge in [-0.25, -0.2) is 4.79 Å². The van der Waals surface area contributed by atoms with Gasteiger partial charge in [-0.2, -0.15) is 5.26 Å². The number of benzene rings is 2. The van der Waals surface area contributed by atoms with Crippen LogP contribution in [0.1, 0.15) is 35.9 Å². The van der Waals surface area contributed by atoms with Crippen molar-refractivity contribution in [2.45, 2.75) is 19.8 Å². The van der Waals surface area contributed by atoms with Gasteiger partial charge in [0.1, 0.15) is 28.9 Å². The maximum Gasteiger partial charge on any atom is 0.338 e. The quantitative estimate of drug-likeness (QED) is 0.204. The maximum absolute atomic E-state index is 12.5. The maximum atomic E-state index is 12.5. The number of ether oxygens (including phenoxy) is 2. The summed E-state index contributed by atoms with van der Waals surface area (Å²) in [6.07, 6.45) is 3.16. The number of unbranched alkanes of at least 4 members (excludes halogenated alkanes) is 1. The summed E-state index contributed by atoms with van der Waals surface area (Å²) in [4.78, 5) is 24.5. The Balaban J connectivity index is 1.68. The Kier molecular flexibility index (Phi) is 8.03. The highest BCUT2D eigenvalue weighted by molar-refractivity contribution is 6.09. The predicted molar refractivity (Wildman–Crippen MR) is 125 cm³/mol. The molecular weight excluding hydrogens is 420 g/mol. The number of rotatable bonds is 9. The summed E-state index contributed by atoms with van der Waals surface area (Å²) >= 11 is 0. The molecule has 0 bridgehead atoms. The summed E-state index contributed by atoms with van der Waals surface area (Å²) in [6.45, 7) is 2.43. The molecule has 1 amide bonds. The van der Waals surface area contributed by atoms with Gasteiger partial charge >= 0.3 is 5.97 Å². The SMILES string of the molecule is CCCCOC(=O)c1ccc(-c2ccc(/C=C(\C#N)C(=O)Nc3ccc(OC)cc3)o2)cc1. The van der Waals surface area contributed by atoms with Crippen LogP contribution in [0.25, 0.3) is 17.4 Å². The first kappa shape index (κ1) is 23.4. The monoisotopic (exact) mass is 444 g/mol. The second-order valence-corrected chi connectivity index (χ2v) is 7.12. The average Bonchev–Trinajstić information content (AvgIpc) is 3.32. The van der Waals surface area contributed by atoms with E-state index in [1.54, 1.807) is 67.8 Å². The van der Waals surface area contributed by atoms with Crippen molar-refractivity contribution in [1.82, 2.24) is 0 Å². The lowest BCUT2D eigenvalue weighted by molar-refractivity contribution is -0.112. The van der Waals surface area contributed by atoms with E-state index in [-0.39, 0.29) is 11.5 Å². The molecule has 0 aliphatic heterocycles. The molecule has 33 heavy (non-hydrogen) atoms. The number of methoxy groups -OCH3 is 1. The van der Waals surface area contributed by atoms with Gasteiger partial charge in [0.2, 0.25) is 0 Å². The molecule has 168 valence electrons. The Labute approximate surface area is 192 Å². The Hall–Kier alpha value is -4.31. The molecule has 0 atom stereocenters. The van der Waals surface area contributed by atoms with Crippen molar-refractivity contribution in [2.24, 2.45) is 0 Å². The molecule has 0 saturated heterocycles. The summed E-state index contributed by atoms with van der Waals surface area (Å²) < 4.78 is 16.1. The number of nitrogens with one attached hydrogen (secondary N) is 1. The van der Waals surface area contributed by atoms with Gasteiger partial charge in [0.25, 0.3) is 5.91 Å². The molecule has 0 unspecified atom stereocenters. The Morgan fingerprint density at radius 3 is 2.42 bits per heavy atom. The number of amides is 1. The molecule has 0 spiro atoms. The summed E-state index contributed by atoms with van der Waals surface area (Å²) in [7, 11) is 1.55. The van der Waals surface area contributed by atoms with E-state index >= 15 is 0 Å². The van der Waals surface area contributed by atoms with Crippen LogP contribution in [-0.2, 0) is 9.53 Å². The van der Waals surface area contributed by atoms with Crippen molar-refractivity contribution in [1.29, 1.82) is 5.26 Å². The van der Waals surface area contributed by atoms with Crippen LogP contribution in [0.5, 0.6) is 5.75 Å². The van der Waals surface area contributed by atoms with Crippen LogP contribution >= 0.6 is 0 Å². The van der Waals surface area contributed by atoms with Gasteiger partial charge in [-0.3, -0.25) is 4.79 Å². The highest BCUT2D eigenvalue weighted by Gasteiger charge is 2.13. The van der Waals surface area contributed by atoms with E-state index in [2.05, 4.69) is 5.32 Å². The smallest absolute Gasteiger partial charge is 0.338 e. The minimum absolute atomic E-state index is 0.100. The van der Waals surface area contributed by atoms with Gasteiger partial charge in [0.05, 0.1) is 19.3 Å². The molecular formula is C26H24N2O5. The second kappa shape index (κ2) is 11.3. The van der Waals surface area contributed by atoms with Crippen LogP contribution in [-0.4, -0.2) is 25.6 Å². The number of hydrogen-bond donors (Lipinski definition) is 1. The first-order valence-corrected chi connectivity index (χ1v) is 10.5. The molecule has 0 radical (unpaired) electrons. The Morgan fingerprint density at radius 1 is 1.06 bits per heavy atom. The van der Waals surface area contributed by atoms with Crippen LogP contribution in [0.4, 0.5) is 5.69 Å². The van der Waals surface area contributed by atoms with Crippen molar-refractivity contribution >= 4 is 23.6 Å². The van der Waals surface area contributed by atoms with E-state index in [0.29, 0.717) is 35.1 Å². The lowest BCUT2D eigenvalue weighted by Gasteiger charge is -2.05. The standard InChI is InChI=1S/C26H24N2O5/c1-3-4-15-32-26(30)19-7-5-18(6-8-19)24-14-13-23(33-24)16-20(17-27)25(29)28-21-9-11-22(31-2)12-10-21/h5-14,16H,3-4,15H2,1-2H3,(H,28,29)/b20-16+. The third-order valence-electron chi connectivity index (χ3n) is 4.76. The van der Waals surface area contributed by atoms with E-state index < -0.39 is 5.91 Å². The van der Waals surface area contributed by atoms with Crippen molar-refractivity contribution < 1.29 is 23.5 Å². The number of carbonyl (C=O) groups is 2. The van der Waals surface area contributed by atoms with E-state index in [1.807, 2.05) is 13.0 Å². The molecule has 1 N–H and O–H groups in total. The normalized spacial score (nSPS) is 10.9. The summed E-state index contributed by atoms with van der Waals surface area (Å²) in [5, 5.41) is 12.1. The topological polar surface area (TPSA) is 102 Å². The number of hydrogen-bond acceptors (Lipinski definition) is 6. The fourth-order valence-corrected chi connectivity index (χ4v) is 2.91. The second-order valence-electron chi connectivity index (χ2n) is 7.12. The fraction of sp³-hybridized carbons (Fsp3) is 0.192. The minimum Gasteiger partial charge on any atom is -0.497 e. The van der Waals surface area contributed by atoms with Crippen LogP contribution in [0.2, 0.25) is 0 Å². The zero-order valence-electron chi connectivity index (χ0n) is 18.5. The van der Waals surface area contributed by atoms with Crippen molar-refractivity contribution in [3.8, 4) is 23.1 Å². The lowest BCUT2D eigenvalue weighted by atomic mass is 10.1. The lowest BCUT2D eigenvalue weighted by Crippen LogP contribution is -2.13. The molecule has 7 heteroatoms. The summed E-state index contributed by atoms with van der Waals surface area (Å²) in [6, 6.07) is 18.9. The van der Waals surface area contributed by atoms with E-state index in [0.717, 1.165) is 18.4 Å². The highest BCUT2D eigenvalue weighted by atomic mass is 16.5. The zero-order valence-corrected chi connectivity index (χ0v) is 18.5. The van der Waals surface area contributed by atoms with Crippen LogP contribution in [0.15, 0.2) is 70.7 Å². The van der Waals surface area contributed by atoms with Crippen LogP contribution in [0.3, 0.4) is 0 Å². The molecule has 0 saturated carbocycles. The fourth-order valence-electron chi connectivity index (χ4n) is 2.91. The third kappa shape index (κ3) is 6.34. The van der Waals surface area contributed by atoms with Gasteiger partial charge in [-0.15, -0.1) is 0 Å². The molecule has 1 aromatic heterocycles. The number of anilines is 1. The number of nitriles is 1. The van der Waals surface area contributed by atoms with E-state index in [4.69, 9.17) is 13.9 Å². The predicted octanol–water partition coefficient (Wildman–Crippen LogP) is 5.46. The van der Waals surface area contributed by atoms with Gasteiger partial charge in [0.15, 0.2) is 0 Å². The molecule has 0 aliphatic carbocycles. The molecule has 2 aromatic carbocycles. The Morgan fingerprint density at radius 2 is 1.79 bits per heavy atom. The molecule has 0 fully saturated rings. The van der Waals surface area contributed by atoms with Crippen molar-refractivity contribution in [2.75, 3.05) is 19.0 Å². The summed E-state index contributed by atoms with van der Waals surface area (Å²) in [5.74, 6) is 0.647. The third-order valence-corrected chi connectivity index (χ3v) is 4.76. The minimum atomic E-state index is -0.549. The number of nitrogens with zero attached hydrogens (tertiary/aromatic N) is 1. The van der Waals surface area contributed by atoms with E-state index in [9.17, 15) is 14.9 Å². The first-order chi connectivity index (χ1) is 16.0. The van der Waals surface area contributed by atoms with Crippen LogP contribution < -0.4 is 10.1 Å². The number of esters is 1. The van der Waals surface area contributed by atoms with Gasteiger partial charge < -0.3 is 19.2 Å². The van der Waals surface area contributed by atoms with Crippen LogP contribution in [0, 0.1) is 11.3 Å². The molecule has 7 nitrogen and oxygen atoms in total. The van der Waals surface area contributed by atoms with Gasteiger partial charge in [-0.1, -0.05) is 25.5 Å². The Bertz CT molecular complexity index is 1170. The number of furan rings is 1. The highest BCUT2D eigenvalue weighted by Crippen LogP contribution is 2.24. The average molecular weight is 444 g/mol. The van der Waals surface area contributed by atoms with Crippen molar-refractivity contribution in [3.63, 3.8) is 0 Å². The molecule has 0 aliphatic rings. The largest absolute Gasteiger partial charge is 0.497 e. The van der Waals surface area contributed by atoms with Gasteiger partial charge in [0, 0.05) is 17.3 Å². The number of carbonyl (C=O) groups excluding carboxylic acids is 2. The van der Waals surface area contributed by atoms with Crippen molar-refractivity contribution in [3.05, 3.63) is 77.6 Å². The molecule has 3 aromatic rings. The first-order valence-electron chi connectivity index (χ1n) is 10.5. The zero-order chi connectivity index (χ0) is 23.6. The molecule has 1 heterocycles. The summed E-state index contributed by atoms with van der Waals surface area (Å²) in [5.41, 5.74) is 1.65. The molecule has 3 rings (SSSR count). The van der Waals surface area contributed by atoms with E-state index in [1.165, 1.54) is 6.08 Å².